The highest BCUT2D eigenvalue weighted by Gasteiger charge is 2.13. The third-order valence-corrected chi connectivity index (χ3v) is 8.79. The summed E-state index contributed by atoms with van der Waals surface area (Å²) in [6.07, 6.45) is 0. The van der Waals surface area contributed by atoms with Crippen molar-refractivity contribution in [3.63, 3.8) is 0 Å². The Morgan fingerprint density at radius 3 is 1.50 bits per heavy atom. The molecule has 0 amide bonds. The Balaban J connectivity index is 1.19. The fourth-order valence-electron chi connectivity index (χ4n) is 6.67. The highest BCUT2D eigenvalue weighted by atomic mass is 16.3. The fraction of sp³-hybridized carbons (Fsp3) is 0. The maximum Gasteiger partial charge on any atom is 0.135 e. The fourth-order valence-corrected chi connectivity index (χ4v) is 6.67. The van der Waals surface area contributed by atoms with Crippen LogP contribution < -0.4 is 0 Å². The quantitative estimate of drug-likeness (QED) is 0.209. The van der Waals surface area contributed by atoms with E-state index in [1.165, 1.54) is 55.2 Å². The molecular formula is C42H27NO. The number of benzene rings is 7. The summed E-state index contributed by atoms with van der Waals surface area (Å²) < 4.78 is 8.49. The smallest absolute Gasteiger partial charge is 0.135 e. The first-order valence-electron chi connectivity index (χ1n) is 15.0. The highest BCUT2D eigenvalue weighted by Crippen LogP contribution is 2.37. The van der Waals surface area contributed by atoms with E-state index in [1.54, 1.807) is 0 Å². The number of para-hydroxylation sites is 3. The van der Waals surface area contributed by atoms with Crippen LogP contribution in [0.1, 0.15) is 0 Å². The third kappa shape index (κ3) is 3.96. The minimum Gasteiger partial charge on any atom is -0.456 e. The molecule has 0 bridgehead atoms. The van der Waals surface area contributed by atoms with Gasteiger partial charge in [-0.2, -0.15) is 0 Å². The molecule has 0 aliphatic carbocycles. The van der Waals surface area contributed by atoms with Crippen molar-refractivity contribution in [2.75, 3.05) is 0 Å². The topological polar surface area (TPSA) is 18.1 Å². The van der Waals surface area contributed by atoms with E-state index in [1.807, 2.05) is 12.1 Å². The van der Waals surface area contributed by atoms with E-state index in [4.69, 9.17) is 4.42 Å². The number of hydrogen-bond donors (Lipinski definition) is 0. The second-order valence-corrected chi connectivity index (χ2v) is 11.4. The minimum atomic E-state index is 0.912. The molecule has 0 radical (unpaired) electrons. The van der Waals surface area contributed by atoms with Crippen LogP contribution in [0.2, 0.25) is 0 Å². The van der Waals surface area contributed by atoms with Gasteiger partial charge in [0, 0.05) is 27.2 Å². The molecule has 0 N–H and O–H groups in total. The van der Waals surface area contributed by atoms with Gasteiger partial charge >= 0.3 is 0 Å². The lowest BCUT2D eigenvalue weighted by atomic mass is 9.93. The van der Waals surface area contributed by atoms with E-state index in [0.29, 0.717) is 0 Å². The Hall–Kier alpha value is -5.86. The number of hydrogen-bond acceptors (Lipinski definition) is 1. The number of fused-ring (bicyclic) bond motifs is 6. The summed E-state index contributed by atoms with van der Waals surface area (Å²) in [6, 6.07) is 58.6. The molecule has 0 aliphatic heterocycles. The van der Waals surface area contributed by atoms with Crippen molar-refractivity contribution in [3.05, 3.63) is 164 Å². The SMILES string of the molecule is c1ccc(-c2cc(-c3ccc(-n4c5ccccc5c5ccccc54)cc3)cc(-c3ccc4oc5ccccc5c4c3)c2)cc1. The van der Waals surface area contributed by atoms with Crippen LogP contribution in [0.4, 0.5) is 0 Å². The van der Waals surface area contributed by atoms with Gasteiger partial charge in [0.2, 0.25) is 0 Å². The zero-order valence-corrected chi connectivity index (χ0v) is 23.9. The Morgan fingerprint density at radius 2 is 0.818 bits per heavy atom. The van der Waals surface area contributed by atoms with Gasteiger partial charge in [-0.3, -0.25) is 0 Å². The van der Waals surface area contributed by atoms with Crippen molar-refractivity contribution < 1.29 is 4.42 Å². The second kappa shape index (κ2) is 9.86. The molecule has 7 aromatic carbocycles. The maximum atomic E-state index is 6.12. The zero-order chi connectivity index (χ0) is 29.0. The summed E-state index contributed by atoms with van der Waals surface area (Å²) in [5.41, 5.74) is 12.5. The van der Waals surface area contributed by atoms with Gasteiger partial charge < -0.3 is 8.98 Å². The Morgan fingerprint density at radius 1 is 0.318 bits per heavy atom. The van der Waals surface area contributed by atoms with E-state index >= 15 is 0 Å². The van der Waals surface area contributed by atoms with E-state index in [9.17, 15) is 0 Å². The number of nitrogens with zero attached hydrogens (tertiary/aromatic N) is 1. The first-order chi connectivity index (χ1) is 21.8. The molecule has 2 aromatic heterocycles. The van der Waals surface area contributed by atoms with Crippen molar-refractivity contribution >= 4 is 43.7 Å². The van der Waals surface area contributed by atoms with Gasteiger partial charge in [-0.05, 0) is 94.0 Å². The predicted octanol–water partition coefficient (Wildman–Crippen LogP) is 11.7. The molecule has 0 fully saturated rings. The summed E-state index contributed by atoms with van der Waals surface area (Å²) in [5.74, 6) is 0. The van der Waals surface area contributed by atoms with Crippen LogP contribution in [-0.4, -0.2) is 4.57 Å². The lowest BCUT2D eigenvalue weighted by Crippen LogP contribution is -1.93. The van der Waals surface area contributed by atoms with Gasteiger partial charge in [0.1, 0.15) is 11.2 Å². The summed E-state index contributed by atoms with van der Waals surface area (Å²) >= 11 is 0. The molecule has 206 valence electrons. The predicted molar refractivity (Wildman–Crippen MR) is 184 cm³/mol. The molecule has 0 spiro atoms. The molecular weight excluding hydrogens is 534 g/mol. The normalized spacial score (nSPS) is 11.6. The molecule has 44 heavy (non-hydrogen) atoms. The minimum absolute atomic E-state index is 0.912. The molecule has 9 rings (SSSR count). The van der Waals surface area contributed by atoms with Gasteiger partial charge in [0.15, 0.2) is 0 Å². The Kier molecular flexibility index (Phi) is 5.54. The van der Waals surface area contributed by atoms with E-state index in [2.05, 4.69) is 156 Å². The highest BCUT2D eigenvalue weighted by molar-refractivity contribution is 6.09. The van der Waals surface area contributed by atoms with Crippen LogP contribution in [0.25, 0.3) is 82.8 Å². The van der Waals surface area contributed by atoms with E-state index in [-0.39, 0.29) is 0 Å². The molecule has 2 heteroatoms. The standard InChI is InChI=1S/C42H27NO/c1-2-10-28(11-3-1)31-24-32(26-33(25-31)30-20-23-42-38(27-30)37-14-6-9-17-41(37)44-42)29-18-21-34(22-19-29)43-39-15-7-4-12-35(39)36-13-5-8-16-40(36)43/h1-27H. The summed E-state index contributed by atoms with van der Waals surface area (Å²) in [4.78, 5) is 0. The monoisotopic (exact) mass is 561 g/mol. The molecule has 0 atom stereocenters. The number of aromatic nitrogens is 1. The Labute approximate surface area is 255 Å². The van der Waals surface area contributed by atoms with Crippen molar-refractivity contribution in [1.82, 2.24) is 4.57 Å². The lowest BCUT2D eigenvalue weighted by molar-refractivity contribution is 0.669. The average Bonchev–Trinajstić information content (AvgIpc) is 3.64. The molecule has 0 saturated heterocycles. The van der Waals surface area contributed by atoms with Crippen molar-refractivity contribution in [3.8, 4) is 39.1 Å². The lowest BCUT2D eigenvalue weighted by Gasteiger charge is -2.13. The third-order valence-electron chi connectivity index (χ3n) is 8.79. The van der Waals surface area contributed by atoms with Crippen molar-refractivity contribution in [2.24, 2.45) is 0 Å². The summed E-state index contributed by atoms with van der Waals surface area (Å²) in [5, 5.41) is 4.83. The number of furan rings is 1. The second-order valence-electron chi connectivity index (χ2n) is 11.4. The zero-order valence-electron chi connectivity index (χ0n) is 23.9. The van der Waals surface area contributed by atoms with Crippen LogP contribution >= 0.6 is 0 Å². The number of rotatable bonds is 4. The van der Waals surface area contributed by atoms with Gasteiger partial charge in [0.05, 0.1) is 11.0 Å². The Bertz CT molecular complexity index is 2430. The van der Waals surface area contributed by atoms with Gasteiger partial charge in [-0.15, -0.1) is 0 Å². The van der Waals surface area contributed by atoms with Gasteiger partial charge in [0.25, 0.3) is 0 Å². The van der Waals surface area contributed by atoms with Crippen LogP contribution in [0.5, 0.6) is 0 Å². The molecule has 0 saturated carbocycles. The van der Waals surface area contributed by atoms with Gasteiger partial charge in [-0.1, -0.05) is 103 Å². The molecule has 9 aromatic rings. The van der Waals surface area contributed by atoms with Crippen LogP contribution in [0.3, 0.4) is 0 Å². The van der Waals surface area contributed by atoms with Crippen LogP contribution in [0.15, 0.2) is 168 Å². The first kappa shape index (κ1) is 24.7. The average molecular weight is 562 g/mol. The van der Waals surface area contributed by atoms with Crippen molar-refractivity contribution in [2.45, 2.75) is 0 Å². The van der Waals surface area contributed by atoms with Crippen LogP contribution in [0, 0.1) is 0 Å². The van der Waals surface area contributed by atoms with Crippen molar-refractivity contribution in [1.29, 1.82) is 0 Å². The summed E-state index contributed by atoms with van der Waals surface area (Å²) in [6.45, 7) is 0. The van der Waals surface area contributed by atoms with Gasteiger partial charge in [-0.25, -0.2) is 0 Å². The molecule has 2 heterocycles. The molecule has 0 aliphatic rings. The van der Waals surface area contributed by atoms with Crippen LogP contribution in [-0.2, 0) is 0 Å². The maximum absolute atomic E-state index is 6.12. The summed E-state index contributed by atoms with van der Waals surface area (Å²) in [7, 11) is 0. The largest absolute Gasteiger partial charge is 0.456 e. The van der Waals surface area contributed by atoms with E-state index in [0.717, 1.165) is 27.6 Å². The molecule has 0 unspecified atom stereocenters. The first-order valence-corrected chi connectivity index (χ1v) is 15.0. The molecule has 2 nitrogen and oxygen atoms in total. The van der Waals surface area contributed by atoms with E-state index < -0.39 is 0 Å².